The minimum atomic E-state index is -0.0384. The van der Waals surface area contributed by atoms with Crippen molar-refractivity contribution < 1.29 is 4.39 Å². The van der Waals surface area contributed by atoms with Gasteiger partial charge in [-0.2, -0.15) is 0 Å². The third-order valence-electron chi connectivity index (χ3n) is 4.60. The molecule has 1 nitrogen and oxygen atoms in total. The van der Waals surface area contributed by atoms with Crippen LogP contribution < -0.4 is 5.32 Å². The maximum absolute atomic E-state index is 13.9. The standard InChI is InChI=1S/C16H22FN/c17-15-7-3-2-6-13(15)12-16(14-8-9-14)10-4-1-5-11-18-16/h2-3,6-7,14,18H,1,4-5,8-12H2. The molecule has 3 rings (SSSR count). The van der Waals surface area contributed by atoms with Gasteiger partial charge < -0.3 is 5.32 Å². The number of hydrogen-bond acceptors (Lipinski definition) is 1. The predicted molar refractivity (Wildman–Crippen MR) is 72.0 cm³/mol. The van der Waals surface area contributed by atoms with Gasteiger partial charge in [0.15, 0.2) is 0 Å². The number of hydrogen-bond donors (Lipinski definition) is 1. The first-order valence-electron chi connectivity index (χ1n) is 7.29. The van der Waals surface area contributed by atoms with Gasteiger partial charge in [-0.3, -0.25) is 0 Å². The van der Waals surface area contributed by atoms with Crippen LogP contribution in [0.5, 0.6) is 0 Å². The molecule has 1 saturated carbocycles. The van der Waals surface area contributed by atoms with Gasteiger partial charge in [-0.15, -0.1) is 0 Å². The molecule has 2 fully saturated rings. The van der Waals surface area contributed by atoms with Crippen LogP contribution in [0, 0.1) is 11.7 Å². The van der Waals surface area contributed by atoms with E-state index in [0.717, 1.165) is 24.4 Å². The Hall–Kier alpha value is -0.890. The van der Waals surface area contributed by atoms with Crippen LogP contribution in [0.3, 0.4) is 0 Å². The highest BCUT2D eigenvalue weighted by Crippen LogP contribution is 2.45. The lowest BCUT2D eigenvalue weighted by Gasteiger charge is -2.34. The first-order chi connectivity index (χ1) is 8.80. The highest BCUT2D eigenvalue weighted by molar-refractivity contribution is 5.22. The fourth-order valence-corrected chi connectivity index (χ4v) is 3.43. The Bertz CT molecular complexity index is 403. The van der Waals surface area contributed by atoms with Gasteiger partial charge >= 0.3 is 0 Å². The molecular formula is C16H22FN. The predicted octanol–water partition coefficient (Wildman–Crippen LogP) is 3.68. The topological polar surface area (TPSA) is 12.0 Å². The van der Waals surface area contributed by atoms with Gasteiger partial charge in [0, 0.05) is 5.54 Å². The van der Waals surface area contributed by atoms with E-state index in [1.807, 2.05) is 12.1 Å². The van der Waals surface area contributed by atoms with Crippen LogP contribution in [0.2, 0.25) is 0 Å². The molecule has 0 spiro atoms. The third kappa shape index (κ3) is 2.44. The Labute approximate surface area is 109 Å². The lowest BCUT2D eigenvalue weighted by atomic mass is 9.82. The van der Waals surface area contributed by atoms with Crippen LogP contribution in [0.25, 0.3) is 0 Å². The van der Waals surface area contributed by atoms with Crippen molar-refractivity contribution in [3.63, 3.8) is 0 Å². The summed E-state index contributed by atoms with van der Waals surface area (Å²) in [7, 11) is 0. The van der Waals surface area contributed by atoms with Crippen LogP contribution in [0.4, 0.5) is 4.39 Å². The molecule has 1 N–H and O–H groups in total. The maximum Gasteiger partial charge on any atom is 0.126 e. The molecule has 0 radical (unpaired) electrons. The normalized spacial score (nSPS) is 28.9. The highest BCUT2D eigenvalue weighted by Gasteiger charge is 2.45. The average Bonchev–Trinajstić information content (AvgIpc) is 3.18. The summed E-state index contributed by atoms with van der Waals surface area (Å²) in [4.78, 5) is 0. The molecule has 0 aromatic heterocycles. The smallest absolute Gasteiger partial charge is 0.126 e. The number of halogens is 1. The van der Waals surface area contributed by atoms with Crippen molar-refractivity contribution in [2.75, 3.05) is 6.54 Å². The summed E-state index contributed by atoms with van der Waals surface area (Å²) < 4.78 is 13.9. The van der Waals surface area contributed by atoms with Crippen molar-refractivity contribution in [1.29, 1.82) is 0 Å². The van der Waals surface area contributed by atoms with Gasteiger partial charge in [-0.1, -0.05) is 31.0 Å². The monoisotopic (exact) mass is 247 g/mol. The molecule has 98 valence electrons. The molecule has 18 heavy (non-hydrogen) atoms. The van der Waals surface area contributed by atoms with E-state index in [1.54, 1.807) is 12.1 Å². The van der Waals surface area contributed by atoms with Gasteiger partial charge in [-0.25, -0.2) is 4.39 Å². The van der Waals surface area contributed by atoms with E-state index >= 15 is 0 Å². The third-order valence-corrected chi connectivity index (χ3v) is 4.60. The summed E-state index contributed by atoms with van der Waals surface area (Å²) in [5.41, 5.74) is 1.07. The summed E-state index contributed by atoms with van der Waals surface area (Å²) >= 11 is 0. The van der Waals surface area contributed by atoms with Crippen molar-refractivity contribution in [3.05, 3.63) is 35.6 Å². The number of rotatable bonds is 3. The minimum absolute atomic E-state index is 0.0384. The van der Waals surface area contributed by atoms with Gasteiger partial charge in [0.05, 0.1) is 0 Å². The fraction of sp³-hybridized carbons (Fsp3) is 0.625. The molecule has 0 amide bonds. The van der Waals surface area contributed by atoms with Crippen molar-refractivity contribution in [2.45, 2.75) is 50.5 Å². The molecular weight excluding hydrogens is 225 g/mol. The second-order valence-corrected chi connectivity index (χ2v) is 5.94. The van der Waals surface area contributed by atoms with Crippen LogP contribution in [0.15, 0.2) is 24.3 Å². The van der Waals surface area contributed by atoms with Crippen molar-refractivity contribution >= 4 is 0 Å². The molecule has 1 aliphatic heterocycles. The van der Waals surface area contributed by atoms with Gasteiger partial charge in [0.2, 0.25) is 0 Å². The molecule has 2 aliphatic rings. The summed E-state index contributed by atoms with van der Waals surface area (Å²) in [6.07, 6.45) is 8.60. The number of nitrogens with one attached hydrogen (secondary N) is 1. The van der Waals surface area contributed by atoms with E-state index in [4.69, 9.17) is 0 Å². The van der Waals surface area contributed by atoms with E-state index in [2.05, 4.69) is 5.32 Å². The summed E-state index contributed by atoms with van der Waals surface area (Å²) in [5, 5.41) is 3.77. The minimum Gasteiger partial charge on any atom is -0.311 e. The van der Waals surface area contributed by atoms with Crippen molar-refractivity contribution in [1.82, 2.24) is 5.32 Å². The molecule has 1 aromatic rings. The van der Waals surface area contributed by atoms with Gasteiger partial charge in [0.25, 0.3) is 0 Å². The van der Waals surface area contributed by atoms with Gasteiger partial charge in [-0.05, 0) is 56.2 Å². The first-order valence-corrected chi connectivity index (χ1v) is 7.29. The van der Waals surface area contributed by atoms with Crippen LogP contribution in [-0.2, 0) is 6.42 Å². The second-order valence-electron chi connectivity index (χ2n) is 5.94. The maximum atomic E-state index is 13.9. The van der Waals surface area contributed by atoms with Crippen molar-refractivity contribution in [3.8, 4) is 0 Å². The van der Waals surface area contributed by atoms with Crippen molar-refractivity contribution in [2.24, 2.45) is 5.92 Å². The zero-order valence-corrected chi connectivity index (χ0v) is 10.9. The van der Waals surface area contributed by atoms with Crippen LogP contribution >= 0.6 is 0 Å². The second kappa shape index (κ2) is 5.00. The number of benzene rings is 1. The van der Waals surface area contributed by atoms with E-state index in [9.17, 15) is 4.39 Å². The molecule has 1 unspecified atom stereocenters. The fourth-order valence-electron chi connectivity index (χ4n) is 3.43. The van der Waals surface area contributed by atoms with Crippen LogP contribution in [-0.4, -0.2) is 12.1 Å². The summed E-state index contributed by atoms with van der Waals surface area (Å²) in [5.74, 6) is 0.735. The van der Waals surface area contributed by atoms with E-state index in [-0.39, 0.29) is 11.4 Å². The molecule has 1 saturated heterocycles. The molecule has 1 aliphatic carbocycles. The van der Waals surface area contributed by atoms with Gasteiger partial charge in [0.1, 0.15) is 5.82 Å². The van der Waals surface area contributed by atoms with E-state index in [1.165, 1.54) is 38.5 Å². The SMILES string of the molecule is Fc1ccccc1CC1(C2CC2)CCCCCN1. The zero-order chi connectivity index (χ0) is 12.4. The first kappa shape index (κ1) is 12.2. The molecule has 1 aromatic carbocycles. The summed E-state index contributed by atoms with van der Waals surface area (Å²) in [6, 6.07) is 7.28. The Morgan fingerprint density at radius 2 is 2.00 bits per heavy atom. The van der Waals surface area contributed by atoms with E-state index in [0.29, 0.717) is 0 Å². The largest absolute Gasteiger partial charge is 0.311 e. The molecule has 1 heterocycles. The Morgan fingerprint density at radius 3 is 2.78 bits per heavy atom. The average molecular weight is 247 g/mol. The lowest BCUT2D eigenvalue weighted by Crippen LogP contribution is -2.48. The zero-order valence-electron chi connectivity index (χ0n) is 10.9. The Kier molecular flexibility index (Phi) is 3.38. The highest BCUT2D eigenvalue weighted by atomic mass is 19.1. The Balaban J connectivity index is 1.83. The summed E-state index contributed by atoms with van der Waals surface area (Å²) in [6.45, 7) is 1.10. The molecule has 0 bridgehead atoms. The lowest BCUT2D eigenvalue weighted by molar-refractivity contribution is 0.268. The molecule has 2 heteroatoms. The van der Waals surface area contributed by atoms with Crippen LogP contribution in [0.1, 0.15) is 44.1 Å². The quantitative estimate of drug-likeness (QED) is 0.859. The van der Waals surface area contributed by atoms with E-state index < -0.39 is 0 Å². The molecule has 1 atom stereocenters. The Morgan fingerprint density at radius 1 is 1.17 bits per heavy atom.